The molecule has 13 heavy (non-hydrogen) atoms. The maximum atomic E-state index is 11.1. The van der Waals surface area contributed by atoms with Gasteiger partial charge < -0.3 is 15.4 Å². The van der Waals surface area contributed by atoms with Crippen LogP contribution in [0.5, 0.6) is 0 Å². The minimum Gasteiger partial charge on any atom is -0.370 e. The second kappa shape index (κ2) is 4.07. The van der Waals surface area contributed by atoms with Gasteiger partial charge in [-0.2, -0.15) is 0 Å². The molecule has 2 rings (SSSR count). The first-order valence-electron chi connectivity index (χ1n) is 4.94. The molecule has 74 valence electrons. The number of morpholine rings is 1. The molecule has 2 aliphatic rings. The van der Waals surface area contributed by atoms with Gasteiger partial charge in [0.2, 0.25) is 5.91 Å². The van der Waals surface area contributed by atoms with Crippen molar-refractivity contribution in [3.63, 3.8) is 0 Å². The summed E-state index contributed by atoms with van der Waals surface area (Å²) >= 11 is 0. The third kappa shape index (κ3) is 2.19. The molecule has 0 spiro atoms. The summed E-state index contributed by atoms with van der Waals surface area (Å²) in [5.41, 5.74) is 0. The number of carbonyl (C=O) groups is 1. The molecular formula is C9H16N2O2. The molecule has 1 atom stereocenters. The molecule has 0 saturated carbocycles. The second-order valence-corrected chi connectivity index (χ2v) is 3.78. The van der Waals surface area contributed by atoms with Gasteiger partial charge in [-0.1, -0.05) is 0 Å². The summed E-state index contributed by atoms with van der Waals surface area (Å²) in [5.74, 6) is 0.639. The number of ether oxygens (including phenoxy) is 1. The van der Waals surface area contributed by atoms with Gasteiger partial charge in [-0.05, 0) is 31.8 Å². The Morgan fingerprint density at radius 1 is 1.31 bits per heavy atom. The van der Waals surface area contributed by atoms with Crippen LogP contribution in [0.2, 0.25) is 0 Å². The Labute approximate surface area is 78.0 Å². The normalized spacial score (nSPS) is 31.4. The predicted molar refractivity (Wildman–Crippen MR) is 48.3 cm³/mol. The fourth-order valence-corrected chi connectivity index (χ4v) is 2.07. The summed E-state index contributed by atoms with van der Waals surface area (Å²) in [4.78, 5) is 11.1. The Balaban J connectivity index is 1.87. The third-order valence-electron chi connectivity index (χ3n) is 2.83. The molecule has 2 aliphatic heterocycles. The topological polar surface area (TPSA) is 50.4 Å². The lowest BCUT2D eigenvalue weighted by atomic mass is 9.90. The molecule has 1 amide bonds. The van der Waals surface area contributed by atoms with Crippen LogP contribution >= 0.6 is 0 Å². The third-order valence-corrected chi connectivity index (χ3v) is 2.83. The number of rotatable bonds is 1. The van der Waals surface area contributed by atoms with E-state index in [4.69, 9.17) is 4.74 Å². The van der Waals surface area contributed by atoms with Crippen molar-refractivity contribution in [1.82, 2.24) is 10.6 Å². The molecule has 0 aliphatic carbocycles. The monoisotopic (exact) mass is 184 g/mol. The Kier molecular flexibility index (Phi) is 2.80. The van der Waals surface area contributed by atoms with E-state index in [1.54, 1.807) is 0 Å². The van der Waals surface area contributed by atoms with Gasteiger partial charge in [0.1, 0.15) is 6.61 Å². The fourth-order valence-electron chi connectivity index (χ4n) is 2.07. The summed E-state index contributed by atoms with van der Waals surface area (Å²) in [7, 11) is 0. The van der Waals surface area contributed by atoms with Gasteiger partial charge in [0.05, 0.1) is 12.6 Å². The highest BCUT2D eigenvalue weighted by Gasteiger charge is 2.27. The van der Waals surface area contributed by atoms with E-state index in [1.807, 2.05) is 0 Å². The van der Waals surface area contributed by atoms with Crippen molar-refractivity contribution in [3.8, 4) is 0 Å². The van der Waals surface area contributed by atoms with E-state index in [0.29, 0.717) is 12.5 Å². The molecule has 4 nitrogen and oxygen atoms in total. The lowest BCUT2D eigenvalue weighted by molar-refractivity contribution is -0.132. The summed E-state index contributed by atoms with van der Waals surface area (Å²) in [5, 5.41) is 6.31. The molecule has 0 aromatic rings. The summed E-state index contributed by atoms with van der Waals surface area (Å²) in [6.45, 7) is 3.06. The predicted octanol–water partition coefficient (Wildman–Crippen LogP) is -0.499. The van der Waals surface area contributed by atoms with Crippen molar-refractivity contribution < 1.29 is 9.53 Å². The number of amides is 1. The van der Waals surface area contributed by atoms with Crippen molar-refractivity contribution in [3.05, 3.63) is 0 Å². The number of nitrogens with one attached hydrogen (secondary N) is 2. The average Bonchev–Trinajstić information content (AvgIpc) is 2.19. The number of hydrogen-bond acceptors (Lipinski definition) is 3. The maximum absolute atomic E-state index is 11.1. The van der Waals surface area contributed by atoms with E-state index in [1.165, 1.54) is 0 Å². The molecule has 0 bridgehead atoms. The molecule has 2 fully saturated rings. The zero-order valence-corrected chi connectivity index (χ0v) is 7.71. The van der Waals surface area contributed by atoms with Crippen molar-refractivity contribution in [2.75, 3.05) is 26.3 Å². The van der Waals surface area contributed by atoms with Gasteiger partial charge in [-0.3, -0.25) is 4.79 Å². The van der Waals surface area contributed by atoms with Gasteiger partial charge in [-0.15, -0.1) is 0 Å². The van der Waals surface area contributed by atoms with Crippen LogP contribution < -0.4 is 10.6 Å². The van der Waals surface area contributed by atoms with E-state index < -0.39 is 0 Å². The van der Waals surface area contributed by atoms with Gasteiger partial charge in [0.15, 0.2) is 0 Å². The van der Waals surface area contributed by atoms with Crippen molar-refractivity contribution in [2.24, 2.45) is 5.92 Å². The summed E-state index contributed by atoms with van der Waals surface area (Å²) in [6.07, 6.45) is 2.29. The van der Waals surface area contributed by atoms with Crippen LogP contribution in [0, 0.1) is 5.92 Å². The molecule has 0 aromatic heterocycles. The SMILES string of the molecule is O=C1COCC(C2CCNCC2)N1. The van der Waals surface area contributed by atoms with Gasteiger partial charge >= 0.3 is 0 Å². The molecule has 1 unspecified atom stereocenters. The van der Waals surface area contributed by atoms with E-state index >= 15 is 0 Å². The molecular weight excluding hydrogens is 168 g/mol. The molecule has 2 saturated heterocycles. The Morgan fingerprint density at radius 2 is 2.08 bits per heavy atom. The van der Waals surface area contributed by atoms with E-state index in [0.717, 1.165) is 25.9 Å². The van der Waals surface area contributed by atoms with E-state index in [2.05, 4.69) is 10.6 Å². The number of carbonyl (C=O) groups excluding carboxylic acids is 1. The maximum Gasteiger partial charge on any atom is 0.246 e. The fraction of sp³-hybridized carbons (Fsp3) is 0.889. The van der Waals surface area contributed by atoms with Gasteiger partial charge in [-0.25, -0.2) is 0 Å². The highest BCUT2D eigenvalue weighted by Crippen LogP contribution is 2.17. The molecule has 4 heteroatoms. The van der Waals surface area contributed by atoms with Crippen LogP contribution in [-0.4, -0.2) is 38.3 Å². The van der Waals surface area contributed by atoms with Gasteiger partial charge in [0.25, 0.3) is 0 Å². The van der Waals surface area contributed by atoms with E-state index in [9.17, 15) is 4.79 Å². The van der Waals surface area contributed by atoms with Crippen LogP contribution in [-0.2, 0) is 9.53 Å². The lowest BCUT2D eigenvalue weighted by Gasteiger charge is -2.33. The highest BCUT2D eigenvalue weighted by molar-refractivity contribution is 5.78. The number of hydrogen-bond donors (Lipinski definition) is 2. The lowest BCUT2D eigenvalue weighted by Crippen LogP contribution is -2.51. The largest absolute Gasteiger partial charge is 0.370 e. The van der Waals surface area contributed by atoms with Gasteiger partial charge in [0, 0.05) is 0 Å². The zero-order valence-electron chi connectivity index (χ0n) is 7.71. The first-order valence-corrected chi connectivity index (χ1v) is 4.94. The Morgan fingerprint density at radius 3 is 2.77 bits per heavy atom. The summed E-state index contributed by atoms with van der Waals surface area (Å²) in [6, 6.07) is 0.253. The molecule has 0 aromatic carbocycles. The second-order valence-electron chi connectivity index (χ2n) is 3.78. The standard InChI is InChI=1S/C9H16N2O2/c12-9-6-13-5-8(11-9)7-1-3-10-4-2-7/h7-8,10H,1-6H2,(H,11,12). The minimum absolute atomic E-state index is 0.0368. The number of piperidine rings is 1. The minimum atomic E-state index is 0.0368. The van der Waals surface area contributed by atoms with Crippen LogP contribution in [0.1, 0.15) is 12.8 Å². The molecule has 2 heterocycles. The van der Waals surface area contributed by atoms with Crippen molar-refractivity contribution in [2.45, 2.75) is 18.9 Å². The van der Waals surface area contributed by atoms with Crippen LogP contribution in [0.4, 0.5) is 0 Å². The smallest absolute Gasteiger partial charge is 0.246 e. The average molecular weight is 184 g/mol. The summed E-state index contributed by atoms with van der Waals surface area (Å²) < 4.78 is 5.22. The quantitative estimate of drug-likeness (QED) is 0.577. The molecule has 0 radical (unpaired) electrons. The first-order chi connectivity index (χ1) is 6.36. The van der Waals surface area contributed by atoms with E-state index in [-0.39, 0.29) is 18.6 Å². The Bertz CT molecular complexity index is 190. The van der Waals surface area contributed by atoms with Crippen LogP contribution in [0.25, 0.3) is 0 Å². The highest BCUT2D eigenvalue weighted by atomic mass is 16.5. The van der Waals surface area contributed by atoms with Crippen molar-refractivity contribution in [1.29, 1.82) is 0 Å². The first kappa shape index (κ1) is 8.97. The van der Waals surface area contributed by atoms with Crippen LogP contribution in [0.15, 0.2) is 0 Å². The molecule has 2 N–H and O–H groups in total. The van der Waals surface area contributed by atoms with Crippen LogP contribution in [0.3, 0.4) is 0 Å². The van der Waals surface area contributed by atoms with Crippen molar-refractivity contribution >= 4 is 5.91 Å². The Hall–Kier alpha value is -0.610. The zero-order chi connectivity index (χ0) is 9.10.